The van der Waals surface area contributed by atoms with E-state index >= 15 is 0 Å². The van der Waals surface area contributed by atoms with Crippen LogP contribution in [-0.4, -0.2) is 26.9 Å². The Kier molecular flexibility index (Phi) is 4.17. The van der Waals surface area contributed by atoms with Crippen LogP contribution < -0.4 is 0 Å². The maximum Gasteiger partial charge on any atom is 0.266 e. The van der Waals surface area contributed by atoms with Crippen LogP contribution in [0.1, 0.15) is 12.5 Å². The van der Waals surface area contributed by atoms with Gasteiger partial charge in [-0.2, -0.15) is 0 Å². The van der Waals surface area contributed by atoms with E-state index in [0.29, 0.717) is 5.88 Å². The van der Waals surface area contributed by atoms with Crippen molar-refractivity contribution >= 4 is 10.0 Å². The van der Waals surface area contributed by atoms with Crippen molar-refractivity contribution in [1.82, 2.24) is 4.31 Å². The average molecular weight is 255 g/mol. The van der Waals surface area contributed by atoms with Crippen molar-refractivity contribution in [3.05, 3.63) is 41.8 Å². The molecule has 0 heterocycles. The van der Waals surface area contributed by atoms with Gasteiger partial charge in [-0.25, -0.2) is 12.7 Å². The van der Waals surface area contributed by atoms with E-state index in [0.717, 1.165) is 9.87 Å². The van der Waals surface area contributed by atoms with E-state index in [-0.39, 0.29) is 4.90 Å². The fourth-order valence-electron chi connectivity index (χ4n) is 1.42. The maximum atomic E-state index is 12.2. The summed E-state index contributed by atoms with van der Waals surface area (Å²) >= 11 is 0. The Morgan fingerprint density at radius 3 is 2.24 bits per heavy atom. The van der Waals surface area contributed by atoms with Crippen molar-refractivity contribution < 1.29 is 13.2 Å². The molecule has 0 amide bonds. The van der Waals surface area contributed by atoms with Gasteiger partial charge < -0.3 is 4.74 Å². The molecule has 0 aromatic heterocycles. The van der Waals surface area contributed by atoms with Crippen molar-refractivity contribution in [1.29, 1.82) is 0 Å². The zero-order chi connectivity index (χ0) is 13.1. The first kappa shape index (κ1) is 13.6. The van der Waals surface area contributed by atoms with Crippen LogP contribution in [-0.2, 0) is 14.8 Å². The van der Waals surface area contributed by atoms with Gasteiger partial charge in [0, 0.05) is 7.05 Å². The van der Waals surface area contributed by atoms with E-state index in [1.165, 1.54) is 14.2 Å². The molecule has 1 aromatic carbocycles. The SMILES string of the molecule is C/C=C(/OC)N(C)S(=O)(=O)c1ccc(C)cc1. The number of methoxy groups -OCH3 is 1. The molecule has 0 aliphatic rings. The molecule has 0 radical (unpaired) electrons. The molecule has 1 rings (SSSR count). The number of hydrogen-bond donors (Lipinski definition) is 0. The summed E-state index contributed by atoms with van der Waals surface area (Å²) in [5.74, 6) is 0.297. The van der Waals surface area contributed by atoms with Gasteiger partial charge in [0.15, 0.2) is 5.88 Å². The van der Waals surface area contributed by atoms with Gasteiger partial charge in [0.05, 0.1) is 12.0 Å². The molecular formula is C12H17NO3S. The minimum atomic E-state index is -3.54. The lowest BCUT2D eigenvalue weighted by Gasteiger charge is -2.20. The quantitative estimate of drug-likeness (QED) is 0.774. The Morgan fingerprint density at radius 1 is 1.29 bits per heavy atom. The molecule has 94 valence electrons. The second-order valence-electron chi connectivity index (χ2n) is 3.62. The molecule has 0 atom stereocenters. The third-order valence-corrected chi connectivity index (χ3v) is 4.21. The van der Waals surface area contributed by atoms with Crippen LogP contribution in [0.15, 0.2) is 41.1 Å². The second kappa shape index (κ2) is 5.23. The van der Waals surface area contributed by atoms with E-state index in [1.807, 2.05) is 6.92 Å². The first-order valence-corrected chi connectivity index (χ1v) is 6.63. The molecule has 5 heteroatoms. The lowest BCUT2D eigenvalue weighted by atomic mass is 10.2. The van der Waals surface area contributed by atoms with Crippen LogP contribution >= 0.6 is 0 Å². The zero-order valence-corrected chi connectivity index (χ0v) is 11.3. The van der Waals surface area contributed by atoms with Crippen molar-refractivity contribution in [2.75, 3.05) is 14.2 Å². The molecule has 17 heavy (non-hydrogen) atoms. The molecule has 0 N–H and O–H groups in total. The minimum absolute atomic E-state index is 0.252. The summed E-state index contributed by atoms with van der Waals surface area (Å²) in [7, 11) is -0.632. The molecule has 0 unspecified atom stereocenters. The van der Waals surface area contributed by atoms with E-state index in [2.05, 4.69) is 0 Å². The van der Waals surface area contributed by atoms with Crippen molar-refractivity contribution in [3.63, 3.8) is 0 Å². The normalized spacial score (nSPS) is 12.4. The summed E-state index contributed by atoms with van der Waals surface area (Å²) in [5.41, 5.74) is 1.02. The van der Waals surface area contributed by atoms with E-state index in [1.54, 1.807) is 37.3 Å². The maximum absolute atomic E-state index is 12.2. The van der Waals surface area contributed by atoms with Crippen LogP contribution in [0, 0.1) is 6.92 Å². The largest absolute Gasteiger partial charge is 0.482 e. The fourth-order valence-corrected chi connectivity index (χ4v) is 2.63. The van der Waals surface area contributed by atoms with E-state index < -0.39 is 10.0 Å². The Labute approximate surface area is 103 Å². The smallest absolute Gasteiger partial charge is 0.266 e. The Hall–Kier alpha value is -1.49. The number of aryl methyl sites for hydroxylation is 1. The highest BCUT2D eigenvalue weighted by atomic mass is 32.2. The van der Waals surface area contributed by atoms with Gasteiger partial charge >= 0.3 is 0 Å². The lowest BCUT2D eigenvalue weighted by Crippen LogP contribution is -2.27. The average Bonchev–Trinajstić information content (AvgIpc) is 2.31. The number of hydrogen-bond acceptors (Lipinski definition) is 3. The van der Waals surface area contributed by atoms with Gasteiger partial charge in [0.25, 0.3) is 10.0 Å². The van der Waals surface area contributed by atoms with Gasteiger partial charge in [0.1, 0.15) is 0 Å². The molecule has 0 saturated heterocycles. The second-order valence-corrected chi connectivity index (χ2v) is 5.59. The van der Waals surface area contributed by atoms with E-state index in [4.69, 9.17) is 4.74 Å². The van der Waals surface area contributed by atoms with Crippen LogP contribution in [0.5, 0.6) is 0 Å². The number of benzene rings is 1. The highest BCUT2D eigenvalue weighted by molar-refractivity contribution is 7.89. The summed E-state index contributed by atoms with van der Waals surface area (Å²) in [6.07, 6.45) is 1.60. The number of sulfonamides is 1. The Balaban J connectivity index is 3.15. The molecule has 0 spiro atoms. The topological polar surface area (TPSA) is 46.6 Å². The number of allylic oxidation sites excluding steroid dienone is 1. The Bertz CT molecular complexity index is 503. The minimum Gasteiger partial charge on any atom is -0.482 e. The molecule has 0 saturated carbocycles. The van der Waals surface area contributed by atoms with Crippen molar-refractivity contribution in [2.45, 2.75) is 18.7 Å². The van der Waals surface area contributed by atoms with Crippen LogP contribution in [0.4, 0.5) is 0 Å². The molecule has 4 nitrogen and oxygen atoms in total. The highest BCUT2D eigenvalue weighted by Crippen LogP contribution is 2.18. The predicted molar refractivity (Wildman–Crippen MR) is 66.9 cm³/mol. The van der Waals surface area contributed by atoms with Gasteiger partial charge in [0.2, 0.25) is 0 Å². The molecule has 0 aliphatic heterocycles. The summed E-state index contributed by atoms with van der Waals surface area (Å²) < 4.78 is 30.5. The monoisotopic (exact) mass is 255 g/mol. The van der Waals surface area contributed by atoms with Gasteiger partial charge in [-0.3, -0.25) is 0 Å². The highest BCUT2D eigenvalue weighted by Gasteiger charge is 2.22. The molecule has 0 bridgehead atoms. The van der Waals surface area contributed by atoms with Gasteiger partial charge in [-0.05, 0) is 32.1 Å². The fraction of sp³-hybridized carbons (Fsp3) is 0.333. The first-order chi connectivity index (χ1) is 7.93. The van der Waals surface area contributed by atoms with Gasteiger partial charge in [-0.15, -0.1) is 0 Å². The molecular weight excluding hydrogens is 238 g/mol. The van der Waals surface area contributed by atoms with Gasteiger partial charge in [-0.1, -0.05) is 17.7 Å². The van der Waals surface area contributed by atoms with Crippen LogP contribution in [0.3, 0.4) is 0 Å². The predicted octanol–water partition coefficient (Wildman–Crippen LogP) is 2.12. The summed E-state index contributed by atoms with van der Waals surface area (Å²) in [4.78, 5) is 0.252. The van der Waals surface area contributed by atoms with Crippen molar-refractivity contribution in [2.24, 2.45) is 0 Å². The van der Waals surface area contributed by atoms with Crippen LogP contribution in [0.25, 0.3) is 0 Å². The van der Waals surface area contributed by atoms with Crippen molar-refractivity contribution in [3.8, 4) is 0 Å². The third-order valence-electron chi connectivity index (χ3n) is 2.45. The van der Waals surface area contributed by atoms with E-state index in [9.17, 15) is 8.42 Å². The summed E-state index contributed by atoms with van der Waals surface area (Å²) in [6.45, 7) is 3.63. The molecule has 0 aliphatic carbocycles. The standard InChI is InChI=1S/C12H17NO3S/c1-5-12(16-4)13(3)17(14,15)11-8-6-10(2)7-9-11/h5-9H,1-4H3/b12-5+. The number of rotatable bonds is 4. The molecule has 1 aromatic rings. The Morgan fingerprint density at radius 2 is 1.82 bits per heavy atom. The third kappa shape index (κ3) is 2.79. The summed E-state index contributed by atoms with van der Waals surface area (Å²) in [6, 6.07) is 6.71. The van der Waals surface area contributed by atoms with Crippen LogP contribution in [0.2, 0.25) is 0 Å². The zero-order valence-electron chi connectivity index (χ0n) is 10.5. The lowest BCUT2D eigenvalue weighted by molar-refractivity contribution is 0.222. The molecule has 0 fully saturated rings. The number of nitrogens with zero attached hydrogens (tertiary/aromatic N) is 1. The summed E-state index contributed by atoms with van der Waals surface area (Å²) in [5, 5.41) is 0. The first-order valence-electron chi connectivity index (χ1n) is 5.19. The number of ether oxygens (including phenoxy) is 1.